The number of rotatable bonds is 9. The van der Waals surface area contributed by atoms with Crippen LogP contribution < -0.4 is 5.32 Å². The Bertz CT molecular complexity index is 194. The Labute approximate surface area is 112 Å². The van der Waals surface area contributed by atoms with Crippen LogP contribution in [0.4, 0.5) is 0 Å². The second-order valence-electron chi connectivity index (χ2n) is 5.33. The van der Waals surface area contributed by atoms with E-state index in [0.29, 0.717) is 6.04 Å². The van der Waals surface area contributed by atoms with Crippen molar-refractivity contribution < 1.29 is 9.47 Å². The molecule has 0 aromatic carbocycles. The van der Waals surface area contributed by atoms with Crippen molar-refractivity contribution in [1.82, 2.24) is 10.2 Å². The third-order valence-electron chi connectivity index (χ3n) is 3.82. The number of nitrogens with one attached hydrogen (secondary N) is 1. The van der Waals surface area contributed by atoms with E-state index in [4.69, 9.17) is 9.47 Å². The van der Waals surface area contributed by atoms with Crippen molar-refractivity contribution in [2.45, 2.75) is 32.2 Å². The second kappa shape index (κ2) is 9.73. The normalized spacial score (nSPS) is 20.2. The minimum Gasteiger partial charge on any atom is -0.385 e. The van der Waals surface area contributed by atoms with Crippen LogP contribution in [0, 0.1) is 5.92 Å². The van der Waals surface area contributed by atoms with Crippen molar-refractivity contribution in [3.8, 4) is 0 Å². The van der Waals surface area contributed by atoms with Gasteiger partial charge in [-0.1, -0.05) is 0 Å². The molecule has 1 saturated heterocycles. The fourth-order valence-corrected chi connectivity index (χ4v) is 2.58. The third-order valence-corrected chi connectivity index (χ3v) is 3.82. The van der Waals surface area contributed by atoms with Crippen molar-refractivity contribution in [3.05, 3.63) is 0 Å². The van der Waals surface area contributed by atoms with Crippen molar-refractivity contribution in [2.75, 3.05) is 53.6 Å². The summed E-state index contributed by atoms with van der Waals surface area (Å²) in [5, 5.41) is 3.51. The number of hydrogen-bond acceptors (Lipinski definition) is 4. The number of ether oxygens (including phenoxy) is 2. The van der Waals surface area contributed by atoms with Gasteiger partial charge >= 0.3 is 0 Å². The lowest BCUT2D eigenvalue weighted by atomic mass is 9.97. The summed E-state index contributed by atoms with van der Waals surface area (Å²) in [7, 11) is 3.56. The highest BCUT2D eigenvalue weighted by molar-refractivity contribution is 4.77. The van der Waals surface area contributed by atoms with Gasteiger partial charge in [-0.15, -0.1) is 0 Å². The van der Waals surface area contributed by atoms with Gasteiger partial charge in [0.15, 0.2) is 0 Å². The van der Waals surface area contributed by atoms with E-state index in [1.807, 2.05) is 0 Å². The van der Waals surface area contributed by atoms with E-state index in [-0.39, 0.29) is 0 Å². The number of piperidine rings is 1. The van der Waals surface area contributed by atoms with E-state index in [1.165, 1.54) is 25.9 Å². The summed E-state index contributed by atoms with van der Waals surface area (Å²) in [5.74, 6) is 0.771. The Balaban J connectivity index is 2.06. The molecular weight excluding hydrogens is 228 g/mol. The predicted molar refractivity (Wildman–Crippen MR) is 75.0 cm³/mol. The number of methoxy groups -OCH3 is 2. The van der Waals surface area contributed by atoms with E-state index >= 15 is 0 Å². The lowest BCUT2D eigenvalue weighted by Crippen LogP contribution is -2.45. The maximum Gasteiger partial charge on any atom is 0.0491 e. The first-order chi connectivity index (χ1) is 8.77. The molecule has 0 spiro atoms. The average molecular weight is 258 g/mol. The highest BCUT2D eigenvalue weighted by Crippen LogP contribution is 2.18. The molecule has 0 aromatic heterocycles. The molecular formula is C14H30N2O2. The molecule has 0 aliphatic carbocycles. The van der Waals surface area contributed by atoms with Crippen LogP contribution in [0.5, 0.6) is 0 Å². The van der Waals surface area contributed by atoms with Crippen molar-refractivity contribution in [1.29, 1.82) is 0 Å². The summed E-state index contributed by atoms with van der Waals surface area (Å²) in [6.45, 7) is 8.67. The molecule has 0 aromatic rings. The molecule has 1 aliphatic rings. The standard InChI is InChI=1S/C14H30N2O2/c1-13(11-15-7-4-10-17-2)16-8-5-14(6-9-16)12-18-3/h13-15H,4-12H2,1-3H3. The number of nitrogens with zero attached hydrogens (tertiary/aromatic N) is 1. The molecule has 4 nitrogen and oxygen atoms in total. The maximum absolute atomic E-state index is 5.24. The Morgan fingerprint density at radius 3 is 2.56 bits per heavy atom. The van der Waals surface area contributed by atoms with Crippen molar-refractivity contribution in [3.63, 3.8) is 0 Å². The summed E-state index contributed by atoms with van der Waals surface area (Å²) in [6, 6.07) is 0.635. The van der Waals surface area contributed by atoms with Gasteiger partial charge in [-0.2, -0.15) is 0 Å². The van der Waals surface area contributed by atoms with Gasteiger partial charge in [0.25, 0.3) is 0 Å². The van der Waals surface area contributed by atoms with Crippen LogP contribution in [0.15, 0.2) is 0 Å². The Hall–Kier alpha value is -0.160. The number of likely N-dealkylation sites (tertiary alicyclic amines) is 1. The summed E-state index contributed by atoms with van der Waals surface area (Å²) in [6.07, 6.45) is 3.66. The molecule has 4 heteroatoms. The van der Waals surface area contributed by atoms with E-state index in [2.05, 4.69) is 17.1 Å². The van der Waals surface area contributed by atoms with Crippen LogP contribution >= 0.6 is 0 Å². The fourth-order valence-electron chi connectivity index (χ4n) is 2.58. The van der Waals surface area contributed by atoms with Crippen LogP contribution in [-0.2, 0) is 9.47 Å². The van der Waals surface area contributed by atoms with Gasteiger partial charge in [0.05, 0.1) is 0 Å². The van der Waals surface area contributed by atoms with E-state index in [1.54, 1.807) is 14.2 Å². The quantitative estimate of drug-likeness (QED) is 0.633. The van der Waals surface area contributed by atoms with E-state index in [0.717, 1.165) is 38.6 Å². The first kappa shape index (κ1) is 15.9. The molecule has 0 bridgehead atoms. The van der Waals surface area contributed by atoms with Crippen LogP contribution in [0.1, 0.15) is 26.2 Å². The lowest BCUT2D eigenvalue weighted by Gasteiger charge is -2.36. The maximum atomic E-state index is 5.24. The van der Waals surface area contributed by atoms with Gasteiger partial charge < -0.3 is 14.8 Å². The van der Waals surface area contributed by atoms with E-state index < -0.39 is 0 Å². The number of hydrogen-bond donors (Lipinski definition) is 1. The zero-order valence-electron chi connectivity index (χ0n) is 12.3. The van der Waals surface area contributed by atoms with Gasteiger partial charge in [-0.3, -0.25) is 4.90 Å². The first-order valence-electron chi connectivity index (χ1n) is 7.20. The predicted octanol–water partition coefficient (Wildman–Crippen LogP) is 1.36. The molecule has 1 N–H and O–H groups in total. The van der Waals surface area contributed by atoms with Gasteiger partial charge in [-0.05, 0) is 51.7 Å². The monoisotopic (exact) mass is 258 g/mol. The highest BCUT2D eigenvalue weighted by atomic mass is 16.5. The smallest absolute Gasteiger partial charge is 0.0491 e. The molecule has 0 saturated carbocycles. The van der Waals surface area contributed by atoms with Crippen molar-refractivity contribution in [2.24, 2.45) is 5.92 Å². The second-order valence-corrected chi connectivity index (χ2v) is 5.33. The van der Waals surface area contributed by atoms with Crippen molar-refractivity contribution >= 4 is 0 Å². The lowest BCUT2D eigenvalue weighted by molar-refractivity contribution is 0.0830. The van der Waals surface area contributed by atoms with Gasteiger partial charge in [0.2, 0.25) is 0 Å². The zero-order chi connectivity index (χ0) is 13.2. The molecule has 1 aliphatic heterocycles. The Morgan fingerprint density at radius 1 is 1.22 bits per heavy atom. The Kier molecular flexibility index (Phi) is 8.59. The molecule has 108 valence electrons. The summed E-state index contributed by atoms with van der Waals surface area (Å²) in [4.78, 5) is 2.59. The largest absolute Gasteiger partial charge is 0.385 e. The summed E-state index contributed by atoms with van der Waals surface area (Å²) >= 11 is 0. The molecule has 0 amide bonds. The van der Waals surface area contributed by atoms with Crippen LogP contribution in [0.25, 0.3) is 0 Å². The minimum atomic E-state index is 0.635. The third kappa shape index (κ3) is 6.14. The first-order valence-corrected chi connectivity index (χ1v) is 7.20. The van der Waals surface area contributed by atoms with Crippen LogP contribution in [0.3, 0.4) is 0 Å². The van der Waals surface area contributed by atoms with Gasteiger partial charge in [0.1, 0.15) is 0 Å². The molecule has 1 rings (SSSR count). The van der Waals surface area contributed by atoms with Crippen LogP contribution in [0.2, 0.25) is 0 Å². The summed E-state index contributed by atoms with van der Waals surface area (Å²) in [5.41, 5.74) is 0. The highest BCUT2D eigenvalue weighted by Gasteiger charge is 2.22. The Morgan fingerprint density at radius 2 is 1.94 bits per heavy atom. The molecule has 18 heavy (non-hydrogen) atoms. The van der Waals surface area contributed by atoms with Gasteiger partial charge in [-0.25, -0.2) is 0 Å². The molecule has 1 atom stereocenters. The van der Waals surface area contributed by atoms with Crippen LogP contribution in [-0.4, -0.2) is 64.6 Å². The molecule has 0 radical (unpaired) electrons. The summed E-state index contributed by atoms with van der Waals surface area (Å²) < 4.78 is 10.3. The average Bonchev–Trinajstić information content (AvgIpc) is 2.39. The molecule has 1 fully saturated rings. The van der Waals surface area contributed by atoms with E-state index in [9.17, 15) is 0 Å². The van der Waals surface area contributed by atoms with Gasteiger partial charge in [0, 0.05) is 40.0 Å². The topological polar surface area (TPSA) is 33.7 Å². The minimum absolute atomic E-state index is 0.635. The SMILES string of the molecule is COCCCNCC(C)N1CCC(COC)CC1. The molecule has 1 heterocycles. The fraction of sp³-hybridized carbons (Fsp3) is 1.00. The molecule has 1 unspecified atom stereocenters. The zero-order valence-corrected chi connectivity index (χ0v) is 12.3.